The van der Waals surface area contributed by atoms with Crippen molar-refractivity contribution in [3.63, 3.8) is 0 Å². The van der Waals surface area contributed by atoms with E-state index in [1.54, 1.807) is 29.2 Å². The van der Waals surface area contributed by atoms with E-state index in [2.05, 4.69) is 10.6 Å². The maximum Gasteiger partial charge on any atom is 0.251 e. The number of amides is 3. The first-order valence-electron chi connectivity index (χ1n) is 11.6. The molecule has 0 unspecified atom stereocenters. The van der Waals surface area contributed by atoms with Crippen molar-refractivity contribution < 1.29 is 14.4 Å². The Morgan fingerprint density at radius 3 is 1.97 bits per heavy atom. The fourth-order valence-electron chi connectivity index (χ4n) is 4.23. The van der Waals surface area contributed by atoms with E-state index in [4.69, 9.17) is 0 Å². The lowest BCUT2D eigenvalue weighted by Crippen LogP contribution is -2.52. The molecule has 1 saturated heterocycles. The number of benzene rings is 3. The van der Waals surface area contributed by atoms with Crippen molar-refractivity contribution in [2.45, 2.75) is 25.3 Å². The van der Waals surface area contributed by atoms with Gasteiger partial charge in [0.15, 0.2) is 0 Å². The average molecular weight is 456 g/mol. The van der Waals surface area contributed by atoms with Crippen LogP contribution in [0.1, 0.15) is 28.8 Å². The molecule has 0 spiro atoms. The second kappa shape index (κ2) is 11.3. The van der Waals surface area contributed by atoms with Crippen LogP contribution in [0.3, 0.4) is 0 Å². The van der Waals surface area contributed by atoms with Crippen LogP contribution in [-0.4, -0.2) is 41.8 Å². The fourth-order valence-corrected chi connectivity index (χ4v) is 4.23. The predicted molar refractivity (Wildman–Crippen MR) is 132 cm³/mol. The van der Waals surface area contributed by atoms with Gasteiger partial charge in [-0.05, 0) is 42.7 Å². The molecule has 3 aromatic rings. The Morgan fingerprint density at radius 2 is 1.35 bits per heavy atom. The van der Waals surface area contributed by atoms with E-state index in [0.29, 0.717) is 37.9 Å². The first-order valence-corrected chi connectivity index (χ1v) is 11.6. The summed E-state index contributed by atoms with van der Waals surface area (Å²) in [5.41, 5.74) is 2.27. The minimum atomic E-state index is -0.676. The highest BCUT2D eigenvalue weighted by Crippen LogP contribution is 2.21. The first kappa shape index (κ1) is 23.2. The SMILES string of the molecule is O=C(N[C@@H](Cc1ccccc1)C(=O)N1CCC(C(=O)Nc2ccccc2)CC1)c1ccccc1. The van der Waals surface area contributed by atoms with Crippen molar-refractivity contribution in [2.75, 3.05) is 18.4 Å². The molecule has 174 valence electrons. The van der Waals surface area contributed by atoms with Gasteiger partial charge in [-0.1, -0.05) is 66.7 Å². The normalized spacial score (nSPS) is 14.8. The third kappa shape index (κ3) is 6.10. The number of nitrogens with zero attached hydrogens (tertiary/aromatic N) is 1. The third-order valence-electron chi connectivity index (χ3n) is 6.14. The molecular formula is C28H29N3O3. The van der Waals surface area contributed by atoms with Crippen LogP contribution < -0.4 is 10.6 Å². The van der Waals surface area contributed by atoms with Gasteiger partial charge in [0.05, 0.1) is 0 Å². The minimum Gasteiger partial charge on any atom is -0.341 e. The molecule has 4 rings (SSSR count). The minimum absolute atomic E-state index is 0.0171. The molecule has 3 amide bonds. The number of carbonyl (C=O) groups excluding carboxylic acids is 3. The number of hydrogen-bond donors (Lipinski definition) is 2. The number of anilines is 1. The lowest BCUT2D eigenvalue weighted by atomic mass is 9.94. The molecule has 3 aromatic carbocycles. The molecule has 2 N–H and O–H groups in total. The Labute approximate surface area is 200 Å². The summed E-state index contributed by atoms with van der Waals surface area (Å²) in [6.45, 7) is 0.969. The second-order valence-corrected chi connectivity index (χ2v) is 8.54. The van der Waals surface area contributed by atoms with Crippen LogP contribution >= 0.6 is 0 Å². The van der Waals surface area contributed by atoms with Crippen molar-refractivity contribution in [3.05, 3.63) is 102 Å². The largest absolute Gasteiger partial charge is 0.341 e. The van der Waals surface area contributed by atoms with Crippen molar-refractivity contribution >= 4 is 23.4 Å². The van der Waals surface area contributed by atoms with Gasteiger partial charge in [0, 0.05) is 36.7 Å². The van der Waals surface area contributed by atoms with Crippen LogP contribution in [0.15, 0.2) is 91.0 Å². The standard InChI is InChI=1S/C28H29N3O3/c32-26(29-24-14-8-3-9-15-24)23-16-18-31(19-17-23)28(34)25(20-21-10-4-1-5-11-21)30-27(33)22-12-6-2-7-13-22/h1-15,23,25H,16-20H2,(H,29,32)(H,30,33)/t25-/m0/s1. The Bertz CT molecular complexity index is 1100. The highest BCUT2D eigenvalue weighted by Gasteiger charge is 2.32. The van der Waals surface area contributed by atoms with Gasteiger partial charge in [-0.15, -0.1) is 0 Å². The smallest absolute Gasteiger partial charge is 0.251 e. The zero-order valence-corrected chi connectivity index (χ0v) is 19.0. The van der Waals surface area contributed by atoms with Gasteiger partial charge in [0.1, 0.15) is 6.04 Å². The van der Waals surface area contributed by atoms with Crippen LogP contribution in [0.4, 0.5) is 5.69 Å². The monoisotopic (exact) mass is 455 g/mol. The summed E-state index contributed by atoms with van der Waals surface area (Å²) in [6.07, 6.45) is 1.59. The van der Waals surface area contributed by atoms with E-state index >= 15 is 0 Å². The second-order valence-electron chi connectivity index (χ2n) is 8.54. The van der Waals surface area contributed by atoms with E-state index in [9.17, 15) is 14.4 Å². The van der Waals surface area contributed by atoms with Crippen LogP contribution in [-0.2, 0) is 16.0 Å². The third-order valence-corrected chi connectivity index (χ3v) is 6.14. The average Bonchev–Trinajstić information content (AvgIpc) is 2.89. The number of likely N-dealkylation sites (tertiary alicyclic amines) is 1. The molecule has 34 heavy (non-hydrogen) atoms. The van der Waals surface area contributed by atoms with Crippen LogP contribution in [0.5, 0.6) is 0 Å². The van der Waals surface area contributed by atoms with Gasteiger partial charge in [-0.25, -0.2) is 0 Å². The zero-order valence-electron chi connectivity index (χ0n) is 19.0. The molecule has 6 heteroatoms. The Hall–Kier alpha value is -3.93. The van der Waals surface area contributed by atoms with Crippen molar-refractivity contribution in [3.8, 4) is 0 Å². The van der Waals surface area contributed by atoms with Crippen molar-refractivity contribution in [2.24, 2.45) is 5.92 Å². The molecule has 1 fully saturated rings. The Morgan fingerprint density at radius 1 is 0.794 bits per heavy atom. The predicted octanol–water partition coefficient (Wildman–Crippen LogP) is 3.91. The summed E-state index contributed by atoms with van der Waals surface area (Å²) in [5, 5.41) is 5.89. The summed E-state index contributed by atoms with van der Waals surface area (Å²) < 4.78 is 0. The van der Waals surface area contributed by atoms with E-state index in [1.165, 1.54) is 0 Å². The molecule has 6 nitrogen and oxygen atoms in total. The number of nitrogens with one attached hydrogen (secondary N) is 2. The highest BCUT2D eigenvalue weighted by atomic mass is 16.2. The summed E-state index contributed by atoms with van der Waals surface area (Å²) in [6, 6.07) is 27.3. The lowest BCUT2D eigenvalue weighted by molar-refractivity contribution is -0.136. The molecular weight excluding hydrogens is 426 g/mol. The summed E-state index contributed by atoms with van der Waals surface area (Å²) >= 11 is 0. The maximum atomic E-state index is 13.4. The van der Waals surface area contributed by atoms with Gasteiger partial charge in [0.2, 0.25) is 11.8 Å². The fraction of sp³-hybridized carbons (Fsp3) is 0.250. The van der Waals surface area contributed by atoms with Crippen LogP contribution in [0, 0.1) is 5.92 Å². The Balaban J connectivity index is 1.39. The molecule has 0 aromatic heterocycles. The van der Waals surface area contributed by atoms with E-state index < -0.39 is 6.04 Å². The van der Waals surface area contributed by atoms with Gasteiger partial charge >= 0.3 is 0 Å². The summed E-state index contributed by atoms with van der Waals surface area (Å²) in [5.74, 6) is -0.547. The first-order chi connectivity index (χ1) is 16.6. The molecule has 1 aliphatic heterocycles. The number of rotatable bonds is 7. The molecule has 1 atom stereocenters. The van der Waals surface area contributed by atoms with Crippen molar-refractivity contribution in [1.29, 1.82) is 0 Å². The van der Waals surface area contributed by atoms with Crippen LogP contribution in [0.25, 0.3) is 0 Å². The molecule has 1 aliphatic rings. The van der Waals surface area contributed by atoms with E-state index in [-0.39, 0.29) is 23.6 Å². The maximum absolute atomic E-state index is 13.4. The highest BCUT2D eigenvalue weighted by molar-refractivity contribution is 5.97. The number of piperidine rings is 1. The van der Waals surface area contributed by atoms with E-state index in [1.807, 2.05) is 66.7 Å². The van der Waals surface area contributed by atoms with Gasteiger partial charge < -0.3 is 15.5 Å². The molecule has 1 heterocycles. The molecule has 0 aliphatic carbocycles. The zero-order chi connectivity index (χ0) is 23.8. The number of para-hydroxylation sites is 1. The summed E-state index contributed by atoms with van der Waals surface area (Å²) in [4.78, 5) is 40.7. The van der Waals surface area contributed by atoms with Gasteiger partial charge in [-0.3, -0.25) is 14.4 Å². The molecule has 0 saturated carbocycles. The van der Waals surface area contributed by atoms with Crippen LogP contribution in [0.2, 0.25) is 0 Å². The number of hydrogen-bond acceptors (Lipinski definition) is 3. The number of carbonyl (C=O) groups is 3. The quantitative estimate of drug-likeness (QED) is 0.567. The Kier molecular flexibility index (Phi) is 7.71. The molecule has 0 bridgehead atoms. The van der Waals surface area contributed by atoms with Gasteiger partial charge in [-0.2, -0.15) is 0 Å². The topological polar surface area (TPSA) is 78.5 Å². The summed E-state index contributed by atoms with van der Waals surface area (Å²) in [7, 11) is 0. The van der Waals surface area contributed by atoms with Gasteiger partial charge in [0.25, 0.3) is 5.91 Å². The van der Waals surface area contributed by atoms with Crippen molar-refractivity contribution in [1.82, 2.24) is 10.2 Å². The molecule has 0 radical (unpaired) electrons. The lowest BCUT2D eigenvalue weighted by Gasteiger charge is -2.34. The van der Waals surface area contributed by atoms with E-state index in [0.717, 1.165) is 11.3 Å².